The molecule has 0 saturated carbocycles. The SMILES string of the molecule is CC(C)[C@H](N)C(=O)NCC(=O)Nc1ccc(OCc2cccnc2)c(Cl)c1. The van der Waals surface area contributed by atoms with Gasteiger partial charge in [-0.2, -0.15) is 0 Å². The lowest BCUT2D eigenvalue weighted by Gasteiger charge is -2.15. The van der Waals surface area contributed by atoms with Gasteiger partial charge in [-0.15, -0.1) is 0 Å². The van der Waals surface area contributed by atoms with E-state index in [9.17, 15) is 9.59 Å². The van der Waals surface area contributed by atoms with Gasteiger partial charge in [-0.05, 0) is 30.2 Å². The van der Waals surface area contributed by atoms with Crippen LogP contribution in [0.15, 0.2) is 42.7 Å². The van der Waals surface area contributed by atoms with Gasteiger partial charge >= 0.3 is 0 Å². The monoisotopic (exact) mass is 390 g/mol. The Bertz CT molecular complexity index is 784. The molecule has 4 N–H and O–H groups in total. The molecule has 7 nitrogen and oxygen atoms in total. The van der Waals surface area contributed by atoms with Crippen molar-refractivity contribution in [3.05, 3.63) is 53.3 Å². The smallest absolute Gasteiger partial charge is 0.243 e. The van der Waals surface area contributed by atoms with Gasteiger partial charge in [0.05, 0.1) is 17.6 Å². The van der Waals surface area contributed by atoms with E-state index < -0.39 is 6.04 Å². The van der Waals surface area contributed by atoms with Crippen LogP contribution in [0.1, 0.15) is 19.4 Å². The van der Waals surface area contributed by atoms with Crippen LogP contribution in [0.5, 0.6) is 5.75 Å². The second-order valence-electron chi connectivity index (χ2n) is 6.33. The molecule has 0 bridgehead atoms. The van der Waals surface area contributed by atoms with Crippen LogP contribution in [-0.4, -0.2) is 29.4 Å². The number of hydrogen-bond acceptors (Lipinski definition) is 5. The molecule has 0 aliphatic carbocycles. The Hall–Kier alpha value is -2.64. The zero-order chi connectivity index (χ0) is 19.8. The van der Waals surface area contributed by atoms with Crippen molar-refractivity contribution >= 4 is 29.1 Å². The average Bonchev–Trinajstić information content (AvgIpc) is 2.65. The molecule has 0 aliphatic rings. The van der Waals surface area contributed by atoms with Gasteiger partial charge in [0.1, 0.15) is 12.4 Å². The van der Waals surface area contributed by atoms with Crippen molar-refractivity contribution in [1.82, 2.24) is 10.3 Å². The number of carbonyl (C=O) groups is 2. The van der Waals surface area contributed by atoms with Gasteiger partial charge in [0.15, 0.2) is 0 Å². The van der Waals surface area contributed by atoms with Crippen molar-refractivity contribution in [1.29, 1.82) is 0 Å². The van der Waals surface area contributed by atoms with Crippen LogP contribution in [0.3, 0.4) is 0 Å². The largest absolute Gasteiger partial charge is 0.487 e. The minimum absolute atomic E-state index is 0.00826. The molecule has 8 heteroatoms. The number of rotatable bonds is 8. The molecule has 1 aromatic heterocycles. The van der Waals surface area contributed by atoms with E-state index in [-0.39, 0.29) is 24.3 Å². The molecule has 2 aromatic rings. The van der Waals surface area contributed by atoms with Crippen molar-refractivity contribution in [2.75, 3.05) is 11.9 Å². The van der Waals surface area contributed by atoms with E-state index >= 15 is 0 Å². The molecule has 0 aliphatic heterocycles. The molecule has 1 atom stereocenters. The Morgan fingerprint density at radius 2 is 2.07 bits per heavy atom. The number of pyridine rings is 1. The lowest BCUT2D eigenvalue weighted by atomic mass is 10.1. The standard InChI is InChI=1S/C19H23ClN4O3/c1-12(2)18(21)19(26)23-10-17(25)24-14-5-6-16(15(20)8-14)27-11-13-4-3-7-22-9-13/h3-9,12,18H,10-11,21H2,1-2H3,(H,23,26)(H,24,25)/t18-/m0/s1. The highest BCUT2D eigenvalue weighted by atomic mass is 35.5. The van der Waals surface area contributed by atoms with Gasteiger partial charge in [-0.25, -0.2) is 0 Å². The van der Waals surface area contributed by atoms with Crippen LogP contribution in [0, 0.1) is 5.92 Å². The molecule has 0 fully saturated rings. The molecule has 144 valence electrons. The number of hydrogen-bond donors (Lipinski definition) is 3. The molecule has 0 saturated heterocycles. The fraction of sp³-hybridized carbons (Fsp3) is 0.316. The number of nitrogens with two attached hydrogens (primary N) is 1. The third-order valence-electron chi connectivity index (χ3n) is 3.78. The summed E-state index contributed by atoms with van der Waals surface area (Å²) in [6.07, 6.45) is 3.40. The fourth-order valence-corrected chi connectivity index (χ4v) is 2.37. The first kappa shape index (κ1) is 20.7. The van der Waals surface area contributed by atoms with Crippen molar-refractivity contribution in [3.8, 4) is 5.75 Å². The zero-order valence-electron chi connectivity index (χ0n) is 15.2. The summed E-state index contributed by atoms with van der Waals surface area (Å²) in [5.41, 5.74) is 7.15. The topological polar surface area (TPSA) is 106 Å². The maximum atomic E-state index is 12.0. The second-order valence-corrected chi connectivity index (χ2v) is 6.74. The summed E-state index contributed by atoms with van der Waals surface area (Å²) in [4.78, 5) is 27.8. The highest BCUT2D eigenvalue weighted by molar-refractivity contribution is 6.32. The van der Waals surface area contributed by atoms with E-state index in [1.807, 2.05) is 26.0 Å². The summed E-state index contributed by atoms with van der Waals surface area (Å²) in [5, 5.41) is 5.53. The van der Waals surface area contributed by atoms with Gasteiger partial charge in [0.2, 0.25) is 11.8 Å². The molecule has 1 aromatic carbocycles. The average molecular weight is 391 g/mol. The number of aromatic nitrogens is 1. The number of halogens is 1. The summed E-state index contributed by atoms with van der Waals surface area (Å²) in [6, 6.07) is 8.00. The maximum absolute atomic E-state index is 12.0. The van der Waals surface area contributed by atoms with Crippen molar-refractivity contribution in [2.24, 2.45) is 11.7 Å². The first-order valence-electron chi connectivity index (χ1n) is 8.51. The normalized spacial score (nSPS) is 11.7. The highest BCUT2D eigenvalue weighted by Gasteiger charge is 2.17. The Labute approximate surface area is 163 Å². The van der Waals surface area contributed by atoms with E-state index in [1.54, 1.807) is 30.6 Å². The van der Waals surface area contributed by atoms with Crippen LogP contribution in [0.2, 0.25) is 5.02 Å². The summed E-state index contributed by atoms with van der Waals surface area (Å²) < 4.78 is 5.65. The highest BCUT2D eigenvalue weighted by Crippen LogP contribution is 2.28. The van der Waals surface area contributed by atoms with Gasteiger partial charge in [-0.3, -0.25) is 14.6 Å². The quantitative estimate of drug-likeness (QED) is 0.641. The van der Waals surface area contributed by atoms with Crippen molar-refractivity contribution < 1.29 is 14.3 Å². The number of ether oxygens (including phenoxy) is 1. The molecular formula is C19H23ClN4O3. The molecule has 0 radical (unpaired) electrons. The van der Waals surface area contributed by atoms with E-state index in [2.05, 4.69) is 15.6 Å². The first-order chi connectivity index (χ1) is 12.9. The number of anilines is 1. The molecule has 27 heavy (non-hydrogen) atoms. The Morgan fingerprint density at radius 1 is 1.30 bits per heavy atom. The van der Waals surface area contributed by atoms with E-state index in [0.29, 0.717) is 23.1 Å². The third kappa shape index (κ3) is 6.54. The minimum Gasteiger partial charge on any atom is -0.487 e. The Morgan fingerprint density at radius 3 is 2.70 bits per heavy atom. The minimum atomic E-state index is -0.650. The predicted octanol–water partition coefficient (Wildman–Crippen LogP) is 2.35. The van der Waals surface area contributed by atoms with E-state index in [0.717, 1.165) is 5.56 Å². The van der Waals surface area contributed by atoms with Gasteiger partial charge in [0.25, 0.3) is 0 Å². The van der Waals surface area contributed by atoms with Gasteiger partial charge in [0, 0.05) is 23.6 Å². The van der Waals surface area contributed by atoms with Gasteiger partial charge < -0.3 is 21.1 Å². The van der Waals surface area contributed by atoms with E-state index in [4.69, 9.17) is 22.1 Å². The van der Waals surface area contributed by atoms with Crippen molar-refractivity contribution in [3.63, 3.8) is 0 Å². The zero-order valence-corrected chi connectivity index (χ0v) is 16.0. The molecule has 0 unspecified atom stereocenters. The number of nitrogens with zero attached hydrogens (tertiary/aromatic N) is 1. The summed E-state index contributed by atoms with van der Waals surface area (Å²) in [6.45, 7) is 3.84. The van der Waals surface area contributed by atoms with Crippen LogP contribution < -0.4 is 21.1 Å². The second kappa shape index (κ2) is 9.89. The van der Waals surface area contributed by atoms with Crippen LogP contribution in [0.4, 0.5) is 5.69 Å². The molecule has 0 spiro atoms. The first-order valence-corrected chi connectivity index (χ1v) is 8.89. The predicted molar refractivity (Wildman–Crippen MR) is 104 cm³/mol. The molecule has 2 amide bonds. The van der Waals surface area contributed by atoms with Crippen molar-refractivity contribution in [2.45, 2.75) is 26.5 Å². The summed E-state index contributed by atoms with van der Waals surface area (Å²) >= 11 is 6.20. The number of benzene rings is 1. The third-order valence-corrected chi connectivity index (χ3v) is 4.07. The molecule has 2 rings (SSSR count). The van der Waals surface area contributed by atoms with Crippen LogP contribution in [0.25, 0.3) is 0 Å². The van der Waals surface area contributed by atoms with Crippen LogP contribution >= 0.6 is 11.6 Å². The number of nitrogens with one attached hydrogen (secondary N) is 2. The fourth-order valence-electron chi connectivity index (χ4n) is 2.13. The van der Waals surface area contributed by atoms with Crippen LogP contribution in [-0.2, 0) is 16.2 Å². The number of carbonyl (C=O) groups excluding carboxylic acids is 2. The Kier molecular flexibility index (Phi) is 7.57. The maximum Gasteiger partial charge on any atom is 0.243 e. The number of amides is 2. The lowest BCUT2D eigenvalue weighted by Crippen LogP contribution is -2.46. The summed E-state index contributed by atoms with van der Waals surface area (Å²) in [5.74, 6) is -0.252. The molecule has 1 heterocycles. The van der Waals surface area contributed by atoms with E-state index in [1.165, 1.54) is 0 Å². The molecular weight excluding hydrogens is 368 g/mol. The Balaban J connectivity index is 1.85. The summed E-state index contributed by atoms with van der Waals surface area (Å²) in [7, 11) is 0. The van der Waals surface area contributed by atoms with Gasteiger partial charge in [-0.1, -0.05) is 31.5 Å². The lowest BCUT2D eigenvalue weighted by molar-refractivity contribution is -0.125.